The van der Waals surface area contributed by atoms with Gasteiger partial charge in [-0.15, -0.1) is 0 Å². The van der Waals surface area contributed by atoms with Crippen LogP contribution in [0.25, 0.3) is 21.5 Å². The fourth-order valence-corrected chi connectivity index (χ4v) is 5.40. The molecule has 0 atom stereocenters. The Morgan fingerprint density at radius 3 is 1.44 bits per heavy atom. The number of rotatable bonds is 4. The van der Waals surface area contributed by atoms with Crippen LogP contribution in [0.4, 0.5) is 37.7 Å². The Morgan fingerprint density at radius 1 is 0.577 bits per heavy atom. The first-order chi connectivity index (χ1) is 24.3. The minimum atomic E-state index is -4.51. The molecule has 268 valence electrons. The minimum absolute atomic E-state index is 0.00174. The van der Waals surface area contributed by atoms with E-state index < -0.39 is 40.9 Å². The highest BCUT2D eigenvalue weighted by Gasteiger charge is 2.31. The summed E-state index contributed by atoms with van der Waals surface area (Å²) < 4.78 is 78.6. The largest absolute Gasteiger partial charge is 0.416 e. The van der Waals surface area contributed by atoms with Crippen molar-refractivity contribution in [2.24, 2.45) is 14.1 Å². The molecule has 10 nitrogen and oxygen atoms in total. The molecule has 2 heterocycles. The average molecular weight is 763 g/mol. The Balaban J connectivity index is 0.000000201. The summed E-state index contributed by atoms with van der Waals surface area (Å²) in [6, 6.07) is 17.0. The lowest BCUT2D eigenvalue weighted by molar-refractivity contribution is -0.138. The summed E-state index contributed by atoms with van der Waals surface area (Å²) >= 11 is 12.0. The van der Waals surface area contributed by atoms with Gasteiger partial charge in [-0.05, 0) is 66.7 Å². The van der Waals surface area contributed by atoms with E-state index in [0.717, 1.165) is 33.6 Å². The van der Waals surface area contributed by atoms with E-state index in [2.05, 4.69) is 20.8 Å². The van der Waals surface area contributed by atoms with E-state index in [1.807, 2.05) is 0 Å². The highest BCUT2D eigenvalue weighted by Crippen LogP contribution is 2.32. The molecule has 52 heavy (non-hydrogen) atoms. The number of halogens is 8. The summed E-state index contributed by atoms with van der Waals surface area (Å²) in [7, 11) is 2.87. The summed E-state index contributed by atoms with van der Waals surface area (Å²) in [5.41, 5.74) is -2.35. The van der Waals surface area contributed by atoms with Crippen molar-refractivity contribution in [3.8, 4) is 0 Å². The molecule has 0 spiro atoms. The van der Waals surface area contributed by atoms with E-state index in [1.165, 1.54) is 74.8 Å². The molecule has 4 aromatic carbocycles. The Morgan fingerprint density at radius 2 is 0.981 bits per heavy atom. The van der Waals surface area contributed by atoms with Gasteiger partial charge in [0.05, 0.1) is 21.9 Å². The Kier molecular flexibility index (Phi) is 10.4. The lowest BCUT2D eigenvalue weighted by Crippen LogP contribution is -2.20. The monoisotopic (exact) mass is 762 g/mol. The van der Waals surface area contributed by atoms with Crippen LogP contribution >= 0.6 is 23.2 Å². The number of hydrogen-bond donors (Lipinski definition) is 2. The van der Waals surface area contributed by atoms with Crippen LogP contribution in [0.2, 0.25) is 10.3 Å². The molecule has 0 saturated heterocycles. The number of hydrogen-bond acceptors (Lipinski definition) is 6. The minimum Gasteiger partial charge on any atom is -0.322 e. The van der Waals surface area contributed by atoms with Gasteiger partial charge in [-0.1, -0.05) is 41.4 Å². The molecular formula is C34H22Cl2F6N6O4. The third-order valence-electron chi connectivity index (χ3n) is 7.43. The highest BCUT2D eigenvalue weighted by molar-refractivity contribution is 6.34. The van der Waals surface area contributed by atoms with Crippen molar-refractivity contribution in [1.29, 1.82) is 0 Å². The van der Waals surface area contributed by atoms with Crippen molar-refractivity contribution in [1.82, 2.24) is 19.6 Å². The van der Waals surface area contributed by atoms with Gasteiger partial charge in [0.15, 0.2) is 10.3 Å². The molecule has 6 aromatic rings. The van der Waals surface area contributed by atoms with Gasteiger partial charge >= 0.3 is 12.4 Å². The number of nitrogens with one attached hydrogen (secondary N) is 2. The molecule has 18 heteroatoms. The van der Waals surface area contributed by atoms with Crippen LogP contribution in [0, 0.1) is 0 Å². The zero-order chi connectivity index (χ0) is 38.1. The highest BCUT2D eigenvalue weighted by atomic mass is 35.5. The Hall–Kier alpha value is -5.74. The maximum Gasteiger partial charge on any atom is 0.416 e. The van der Waals surface area contributed by atoms with Gasteiger partial charge in [-0.25, -0.2) is 9.36 Å². The van der Waals surface area contributed by atoms with Crippen LogP contribution in [0.15, 0.2) is 94.5 Å². The second kappa shape index (κ2) is 14.5. The lowest BCUT2D eigenvalue weighted by Gasteiger charge is -2.10. The molecule has 2 amide bonds. The summed E-state index contributed by atoms with van der Waals surface area (Å²) in [5.74, 6) is -1.29. The fourth-order valence-electron chi connectivity index (χ4n) is 4.85. The van der Waals surface area contributed by atoms with Gasteiger partial charge in [0, 0.05) is 47.4 Å². The van der Waals surface area contributed by atoms with Crippen LogP contribution < -0.4 is 21.8 Å². The molecule has 0 aliphatic rings. The topological polar surface area (TPSA) is 128 Å². The molecular weight excluding hydrogens is 741 g/mol. The van der Waals surface area contributed by atoms with E-state index in [0.29, 0.717) is 5.39 Å². The second-order valence-corrected chi connectivity index (χ2v) is 11.7. The zero-order valence-electron chi connectivity index (χ0n) is 26.5. The van der Waals surface area contributed by atoms with Crippen molar-refractivity contribution >= 4 is 67.9 Å². The normalized spacial score (nSPS) is 11.6. The maximum atomic E-state index is 12.8. The van der Waals surface area contributed by atoms with Crippen molar-refractivity contribution in [2.75, 3.05) is 10.6 Å². The molecule has 0 bridgehead atoms. The van der Waals surface area contributed by atoms with Crippen molar-refractivity contribution in [2.45, 2.75) is 12.4 Å². The fraction of sp³-hybridized carbons (Fsp3) is 0.118. The lowest BCUT2D eigenvalue weighted by atomic mass is 10.1. The number of nitrogens with zero attached hydrogens (tertiary/aromatic N) is 4. The first kappa shape index (κ1) is 37.5. The van der Waals surface area contributed by atoms with E-state index in [9.17, 15) is 45.5 Å². The van der Waals surface area contributed by atoms with Crippen LogP contribution in [0.1, 0.15) is 31.8 Å². The summed E-state index contributed by atoms with van der Waals surface area (Å²) in [6.07, 6.45) is -9.03. The zero-order valence-corrected chi connectivity index (χ0v) is 28.0. The third kappa shape index (κ3) is 8.24. The maximum absolute atomic E-state index is 12.8. The molecule has 6 rings (SSSR count). The van der Waals surface area contributed by atoms with Crippen molar-refractivity contribution < 1.29 is 35.9 Å². The van der Waals surface area contributed by atoms with Crippen LogP contribution in [0.3, 0.4) is 0 Å². The predicted molar refractivity (Wildman–Crippen MR) is 183 cm³/mol. The van der Waals surface area contributed by atoms with Crippen molar-refractivity contribution in [3.05, 3.63) is 138 Å². The Bertz CT molecular complexity index is 2500. The first-order valence-corrected chi connectivity index (χ1v) is 15.4. The molecule has 2 aromatic heterocycles. The molecule has 0 radical (unpaired) electrons. The molecule has 0 aliphatic heterocycles. The number of benzene rings is 4. The van der Waals surface area contributed by atoms with E-state index in [1.54, 1.807) is 0 Å². The molecule has 0 fully saturated rings. The molecule has 0 unspecified atom stereocenters. The summed E-state index contributed by atoms with van der Waals surface area (Å²) in [6.45, 7) is 0. The number of carbonyl (C=O) groups is 2. The van der Waals surface area contributed by atoms with Crippen LogP contribution in [0.5, 0.6) is 0 Å². The van der Waals surface area contributed by atoms with Gasteiger partial charge in [0.25, 0.3) is 22.9 Å². The smallest absolute Gasteiger partial charge is 0.322 e. The van der Waals surface area contributed by atoms with E-state index >= 15 is 0 Å². The number of aromatic nitrogens is 4. The number of amides is 2. The number of anilines is 2. The second-order valence-electron chi connectivity index (χ2n) is 11.0. The van der Waals surface area contributed by atoms with Crippen LogP contribution in [-0.2, 0) is 26.4 Å². The van der Waals surface area contributed by atoms with Gasteiger partial charge < -0.3 is 10.6 Å². The summed E-state index contributed by atoms with van der Waals surface area (Å²) in [4.78, 5) is 48.9. The molecule has 0 aliphatic carbocycles. The predicted octanol–water partition coefficient (Wildman–Crippen LogP) is 7.72. The number of carbonyl (C=O) groups excluding carboxylic acids is 2. The number of fused-ring (bicyclic) bond motifs is 2. The van der Waals surface area contributed by atoms with Gasteiger partial charge in [-0.3, -0.25) is 19.2 Å². The third-order valence-corrected chi connectivity index (χ3v) is 7.99. The summed E-state index contributed by atoms with van der Waals surface area (Å²) in [5, 5.41) is 13.7. The van der Waals surface area contributed by atoms with Gasteiger partial charge in [0.2, 0.25) is 0 Å². The average Bonchev–Trinajstić information content (AvgIpc) is 3.09. The quantitative estimate of drug-likeness (QED) is 0.177. The molecule has 2 N–H and O–H groups in total. The first-order valence-electron chi connectivity index (χ1n) is 14.6. The Labute approximate surface area is 298 Å². The van der Waals surface area contributed by atoms with Crippen LogP contribution in [-0.4, -0.2) is 31.4 Å². The molecule has 0 saturated carbocycles. The van der Waals surface area contributed by atoms with Crippen molar-refractivity contribution in [3.63, 3.8) is 0 Å². The SMILES string of the molecule is Cn1nc(Cl)c2cc(C(=O)Nc3cccc(C(F)(F)F)c3)ccc2c1=O.Cn1nc(Cl)c2ccc(C(=O)Nc3cccc(C(F)(F)F)c3)cc2c1=O. The number of alkyl halides is 6. The standard InChI is InChI=1S/2C17H11ClF3N3O2/c1-24-16(26)12-6-5-9(7-13(12)14(18)23-24)15(25)22-11-4-2-3-10(8-11)17(19,20)21;1-24-16(26)13-7-9(5-6-12(13)14(18)23-24)15(25)22-11-4-2-3-10(8-11)17(19,20)21/h2*2-8H,1H3,(H,22,25). The van der Waals surface area contributed by atoms with E-state index in [4.69, 9.17) is 23.2 Å². The van der Waals surface area contributed by atoms with Gasteiger partial charge in [-0.2, -0.15) is 36.5 Å². The van der Waals surface area contributed by atoms with Gasteiger partial charge in [0.1, 0.15) is 0 Å². The number of aryl methyl sites for hydroxylation is 2. The van der Waals surface area contributed by atoms with E-state index in [-0.39, 0.29) is 54.5 Å².